The Labute approximate surface area is 165 Å². The van der Waals surface area contributed by atoms with Crippen molar-refractivity contribution in [1.82, 2.24) is 9.97 Å². The maximum absolute atomic E-state index is 9.03. The van der Waals surface area contributed by atoms with E-state index in [0.29, 0.717) is 18.9 Å². The number of benzene rings is 1. The molecule has 0 spiro atoms. The second-order valence-electron chi connectivity index (χ2n) is 7.40. The molecular weight excluding hydrogens is 356 g/mol. The molecule has 0 bridgehead atoms. The van der Waals surface area contributed by atoms with Gasteiger partial charge in [0, 0.05) is 38.2 Å². The van der Waals surface area contributed by atoms with Crippen LogP contribution in [0.1, 0.15) is 42.1 Å². The van der Waals surface area contributed by atoms with E-state index in [1.54, 1.807) is 14.2 Å². The number of rotatable bonds is 8. The highest BCUT2D eigenvalue weighted by Gasteiger charge is 2.29. The number of hydrogen-bond donors (Lipinski definition) is 2. The number of hydrogen-bond acceptors (Lipinski definition) is 7. The van der Waals surface area contributed by atoms with Crippen LogP contribution in [-0.2, 0) is 13.0 Å². The topological polar surface area (TPSA) is 79.7 Å². The van der Waals surface area contributed by atoms with Crippen molar-refractivity contribution in [3.05, 3.63) is 35.2 Å². The van der Waals surface area contributed by atoms with Gasteiger partial charge in [-0.15, -0.1) is 0 Å². The highest BCUT2D eigenvalue weighted by atomic mass is 16.5. The van der Waals surface area contributed by atoms with Crippen molar-refractivity contribution in [2.24, 2.45) is 0 Å². The van der Waals surface area contributed by atoms with Crippen LogP contribution in [0, 0.1) is 0 Å². The predicted octanol–water partition coefficient (Wildman–Crippen LogP) is 2.73. The Kier molecular flexibility index (Phi) is 5.52. The Hall–Kier alpha value is -2.54. The van der Waals surface area contributed by atoms with Crippen molar-refractivity contribution in [2.75, 3.05) is 44.1 Å². The number of aliphatic hydroxyl groups is 1. The molecule has 0 atom stereocenters. The molecule has 1 fully saturated rings. The molecule has 150 valence electrons. The average molecular weight is 384 g/mol. The number of aromatic nitrogens is 2. The number of nitrogens with zero attached hydrogens (tertiary/aromatic N) is 3. The lowest BCUT2D eigenvalue weighted by molar-refractivity contribution is 0.292. The summed E-state index contributed by atoms with van der Waals surface area (Å²) in [6.45, 7) is 2.57. The van der Waals surface area contributed by atoms with Crippen molar-refractivity contribution in [3.63, 3.8) is 0 Å². The van der Waals surface area contributed by atoms with Crippen LogP contribution in [0.3, 0.4) is 0 Å². The highest BCUT2D eigenvalue weighted by molar-refractivity contribution is 5.54. The van der Waals surface area contributed by atoms with Gasteiger partial charge in [0.1, 0.15) is 17.5 Å². The second kappa shape index (κ2) is 8.22. The molecule has 1 saturated carbocycles. The third-order valence-corrected chi connectivity index (χ3v) is 5.36. The highest BCUT2D eigenvalue weighted by Crippen LogP contribution is 2.40. The number of anilines is 2. The molecule has 0 saturated heterocycles. The standard InChI is InChI=1S/C21H28N4O3/c1-27-17-10-15-6-8-25(13-16(15)11-18(17)28-2)20-12-19(22-7-3-9-26)23-21(24-20)14-4-5-14/h10-12,14,26H,3-9,13H2,1-2H3,(H,22,23,24). The van der Waals surface area contributed by atoms with Crippen molar-refractivity contribution in [2.45, 2.75) is 38.1 Å². The zero-order chi connectivity index (χ0) is 19.5. The second-order valence-corrected chi connectivity index (χ2v) is 7.40. The monoisotopic (exact) mass is 384 g/mol. The van der Waals surface area contributed by atoms with E-state index in [-0.39, 0.29) is 6.61 Å². The van der Waals surface area contributed by atoms with Crippen LogP contribution in [-0.4, -0.2) is 49.0 Å². The van der Waals surface area contributed by atoms with E-state index >= 15 is 0 Å². The fourth-order valence-electron chi connectivity index (χ4n) is 3.60. The summed E-state index contributed by atoms with van der Waals surface area (Å²) >= 11 is 0. The summed E-state index contributed by atoms with van der Waals surface area (Å²) in [4.78, 5) is 11.9. The molecule has 2 aliphatic rings. The van der Waals surface area contributed by atoms with E-state index < -0.39 is 0 Å². The van der Waals surface area contributed by atoms with Crippen molar-refractivity contribution in [3.8, 4) is 11.5 Å². The molecule has 1 aromatic carbocycles. The van der Waals surface area contributed by atoms with E-state index in [9.17, 15) is 0 Å². The average Bonchev–Trinajstić information content (AvgIpc) is 3.57. The molecule has 0 amide bonds. The Balaban J connectivity index is 1.59. The molecule has 0 unspecified atom stereocenters. The number of fused-ring (bicyclic) bond motifs is 1. The summed E-state index contributed by atoms with van der Waals surface area (Å²) in [6, 6.07) is 6.18. The Morgan fingerprint density at radius 2 is 1.86 bits per heavy atom. The van der Waals surface area contributed by atoms with E-state index in [2.05, 4.69) is 27.3 Å². The third-order valence-electron chi connectivity index (χ3n) is 5.36. The number of methoxy groups -OCH3 is 2. The first-order valence-corrected chi connectivity index (χ1v) is 9.94. The smallest absolute Gasteiger partial charge is 0.161 e. The van der Waals surface area contributed by atoms with E-state index in [1.807, 2.05) is 6.07 Å². The molecule has 1 aliphatic heterocycles. The van der Waals surface area contributed by atoms with Gasteiger partial charge in [-0.25, -0.2) is 9.97 Å². The molecule has 0 radical (unpaired) electrons. The zero-order valence-electron chi connectivity index (χ0n) is 16.6. The van der Waals surface area contributed by atoms with Crippen LogP contribution in [0.5, 0.6) is 11.5 Å². The summed E-state index contributed by atoms with van der Waals surface area (Å²) in [6.07, 6.45) is 3.97. The normalized spacial score (nSPS) is 15.9. The molecule has 28 heavy (non-hydrogen) atoms. The fourth-order valence-corrected chi connectivity index (χ4v) is 3.60. The van der Waals surface area contributed by atoms with Gasteiger partial charge in [-0.1, -0.05) is 0 Å². The summed E-state index contributed by atoms with van der Waals surface area (Å²) in [5.41, 5.74) is 2.54. The van der Waals surface area contributed by atoms with E-state index in [0.717, 1.165) is 48.5 Å². The minimum atomic E-state index is 0.175. The van der Waals surface area contributed by atoms with Crippen LogP contribution in [0.25, 0.3) is 0 Å². The summed E-state index contributed by atoms with van der Waals surface area (Å²) in [5.74, 6) is 4.77. The fraction of sp³-hybridized carbons (Fsp3) is 0.524. The molecular formula is C21H28N4O3. The lowest BCUT2D eigenvalue weighted by atomic mass is 9.99. The van der Waals surface area contributed by atoms with Crippen molar-refractivity contribution in [1.29, 1.82) is 0 Å². The largest absolute Gasteiger partial charge is 0.493 e. The molecule has 2 N–H and O–H groups in total. The van der Waals surface area contributed by atoms with Crippen LogP contribution in [0.2, 0.25) is 0 Å². The minimum absolute atomic E-state index is 0.175. The first kappa shape index (κ1) is 18.8. The third kappa shape index (κ3) is 3.99. The molecule has 7 nitrogen and oxygen atoms in total. The van der Waals surface area contributed by atoms with Crippen LogP contribution in [0.4, 0.5) is 11.6 Å². The van der Waals surface area contributed by atoms with Gasteiger partial charge >= 0.3 is 0 Å². The van der Waals surface area contributed by atoms with E-state index in [4.69, 9.17) is 19.6 Å². The van der Waals surface area contributed by atoms with Gasteiger partial charge in [-0.3, -0.25) is 0 Å². The zero-order valence-corrected chi connectivity index (χ0v) is 16.6. The first-order chi connectivity index (χ1) is 13.7. The molecule has 2 heterocycles. The molecule has 7 heteroatoms. The molecule has 1 aliphatic carbocycles. The lowest BCUT2D eigenvalue weighted by Gasteiger charge is -2.31. The number of aliphatic hydroxyl groups excluding tert-OH is 1. The summed E-state index contributed by atoms with van der Waals surface area (Å²) in [7, 11) is 3.34. The van der Waals surface area contributed by atoms with Crippen LogP contribution in [0.15, 0.2) is 18.2 Å². The Morgan fingerprint density at radius 1 is 1.11 bits per heavy atom. The van der Waals surface area contributed by atoms with Gasteiger partial charge in [0.25, 0.3) is 0 Å². The number of ether oxygens (including phenoxy) is 2. The van der Waals surface area contributed by atoms with Crippen molar-refractivity contribution < 1.29 is 14.6 Å². The van der Waals surface area contributed by atoms with E-state index in [1.165, 1.54) is 24.0 Å². The van der Waals surface area contributed by atoms with Gasteiger partial charge in [-0.05, 0) is 48.9 Å². The predicted molar refractivity (Wildman–Crippen MR) is 108 cm³/mol. The quantitative estimate of drug-likeness (QED) is 0.678. The minimum Gasteiger partial charge on any atom is -0.493 e. The van der Waals surface area contributed by atoms with Crippen LogP contribution >= 0.6 is 0 Å². The SMILES string of the molecule is COc1cc2c(cc1OC)CN(c1cc(NCCCO)nc(C3CC3)n1)CC2. The van der Waals surface area contributed by atoms with Gasteiger partial charge in [-0.2, -0.15) is 0 Å². The maximum atomic E-state index is 9.03. The Bertz CT molecular complexity index is 839. The molecule has 1 aromatic heterocycles. The van der Waals surface area contributed by atoms with Crippen LogP contribution < -0.4 is 19.7 Å². The summed E-state index contributed by atoms with van der Waals surface area (Å²) < 4.78 is 10.9. The Morgan fingerprint density at radius 3 is 2.54 bits per heavy atom. The van der Waals surface area contributed by atoms with Gasteiger partial charge < -0.3 is 24.8 Å². The van der Waals surface area contributed by atoms with Gasteiger partial charge in [0.15, 0.2) is 11.5 Å². The molecule has 2 aromatic rings. The summed E-state index contributed by atoms with van der Waals surface area (Å²) in [5, 5.41) is 12.4. The first-order valence-electron chi connectivity index (χ1n) is 9.94. The lowest BCUT2D eigenvalue weighted by Crippen LogP contribution is -2.31. The number of nitrogens with one attached hydrogen (secondary N) is 1. The van der Waals surface area contributed by atoms with Gasteiger partial charge in [0.2, 0.25) is 0 Å². The van der Waals surface area contributed by atoms with Gasteiger partial charge in [0.05, 0.1) is 14.2 Å². The maximum Gasteiger partial charge on any atom is 0.161 e. The van der Waals surface area contributed by atoms with Crippen molar-refractivity contribution >= 4 is 11.6 Å². The molecule has 4 rings (SSSR count).